The van der Waals surface area contributed by atoms with E-state index in [0.29, 0.717) is 40.7 Å². The molecule has 1 amide bonds. The van der Waals surface area contributed by atoms with Gasteiger partial charge in [-0.25, -0.2) is 0 Å². The summed E-state index contributed by atoms with van der Waals surface area (Å²) in [4.78, 5) is 22.5. The molecule has 1 aromatic carbocycles. The summed E-state index contributed by atoms with van der Waals surface area (Å²) in [6, 6.07) is 7.07. The molecule has 0 radical (unpaired) electrons. The third-order valence-corrected chi connectivity index (χ3v) is 6.68. The number of hydrogen-bond acceptors (Lipinski definition) is 6. The molecule has 0 spiro atoms. The van der Waals surface area contributed by atoms with E-state index in [4.69, 9.17) is 9.40 Å². The number of rotatable bonds is 3. The topological polar surface area (TPSA) is 73.6 Å². The van der Waals surface area contributed by atoms with Crippen LogP contribution in [0.4, 0.5) is 6.01 Å². The first kappa shape index (κ1) is 20.4. The number of carbonyl (C=O) groups is 1. The number of para-hydroxylation sites is 1. The third kappa shape index (κ3) is 3.71. The Morgan fingerprint density at radius 1 is 1.21 bits per heavy atom. The van der Waals surface area contributed by atoms with Crippen LogP contribution in [0.1, 0.15) is 37.0 Å². The minimum absolute atomic E-state index is 0. The highest BCUT2D eigenvalue weighted by Crippen LogP contribution is 2.30. The van der Waals surface area contributed by atoms with Gasteiger partial charge in [0.05, 0.1) is 5.56 Å². The van der Waals surface area contributed by atoms with Gasteiger partial charge >= 0.3 is 0 Å². The summed E-state index contributed by atoms with van der Waals surface area (Å²) >= 11 is 0. The Balaban J connectivity index is 0.00000205. The molecule has 2 aromatic rings. The number of aromatic nitrogens is 1. The van der Waals surface area contributed by atoms with Crippen molar-refractivity contribution >= 4 is 35.4 Å². The summed E-state index contributed by atoms with van der Waals surface area (Å²) in [7, 11) is 0. The number of halogens is 1. The van der Waals surface area contributed by atoms with Gasteiger partial charge in [-0.1, -0.05) is 6.07 Å². The van der Waals surface area contributed by atoms with Crippen molar-refractivity contribution in [2.45, 2.75) is 44.8 Å². The van der Waals surface area contributed by atoms with Crippen molar-refractivity contribution in [1.82, 2.24) is 20.5 Å². The first-order chi connectivity index (χ1) is 13.6. The maximum absolute atomic E-state index is 13.1. The van der Waals surface area contributed by atoms with Crippen molar-refractivity contribution in [3.05, 3.63) is 23.8 Å². The second-order valence-electron chi connectivity index (χ2n) is 8.63. The van der Waals surface area contributed by atoms with Crippen LogP contribution in [0.2, 0.25) is 0 Å². The van der Waals surface area contributed by atoms with Gasteiger partial charge in [0.15, 0.2) is 5.58 Å². The van der Waals surface area contributed by atoms with E-state index in [-0.39, 0.29) is 24.4 Å². The fourth-order valence-corrected chi connectivity index (χ4v) is 5.11. The molecule has 4 saturated heterocycles. The first-order valence-electron chi connectivity index (χ1n) is 10.5. The molecule has 0 aliphatic carbocycles. The lowest BCUT2D eigenvalue weighted by Crippen LogP contribution is -2.57. The molecule has 4 fully saturated rings. The molecule has 8 heteroatoms. The lowest BCUT2D eigenvalue weighted by Gasteiger charge is -2.44. The predicted octanol–water partition coefficient (Wildman–Crippen LogP) is 2.26. The van der Waals surface area contributed by atoms with E-state index in [1.165, 1.54) is 25.9 Å². The molecule has 6 rings (SSSR count). The number of fused-ring (bicyclic) bond motifs is 4. The van der Waals surface area contributed by atoms with Gasteiger partial charge in [0.25, 0.3) is 11.9 Å². The lowest BCUT2D eigenvalue weighted by molar-refractivity contribution is 0.0621. The Kier molecular flexibility index (Phi) is 5.73. The van der Waals surface area contributed by atoms with Crippen molar-refractivity contribution in [3.8, 4) is 0 Å². The molecule has 4 aliphatic heterocycles. The molecule has 4 aliphatic rings. The smallest absolute Gasteiger partial charge is 0.298 e. The van der Waals surface area contributed by atoms with Gasteiger partial charge in [-0.3, -0.25) is 4.79 Å². The fourth-order valence-electron chi connectivity index (χ4n) is 5.11. The summed E-state index contributed by atoms with van der Waals surface area (Å²) in [6.45, 7) is 9.43. The summed E-state index contributed by atoms with van der Waals surface area (Å²) in [6.07, 6.45) is 2.37. The van der Waals surface area contributed by atoms with E-state index in [1.54, 1.807) is 0 Å². The van der Waals surface area contributed by atoms with Gasteiger partial charge in [0, 0.05) is 37.8 Å². The number of carbonyl (C=O) groups excluding carboxylic acids is 1. The molecule has 7 nitrogen and oxygen atoms in total. The SMILES string of the molecule is C[C@H]1CNC[C@H](C)N1c1nc2c(C(=O)N[C@@H]3CN4CCC3CC4)cccc2o1.Cl. The van der Waals surface area contributed by atoms with Gasteiger partial charge in [-0.05, 0) is 57.8 Å². The largest absolute Gasteiger partial charge is 0.423 e. The lowest BCUT2D eigenvalue weighted by atomic mass is 9.84. The van der Waals surface area contributed by atoms with E-state index < -0.39 is 0 Å². The Labute approximate surface area is 177 Å². The summed E-state index contributed by atoms with van der Waals surface area (Å²) in [5, 5.41) is 6.71. The van der Waals surface area contributed by atoms with Crippen LogP contribution in [0.25, 0.3) is 11.1 Å². The second-order valence-corrected chi connectivity index (χ2v) is 8.63. The number of benzene rings is 1. The van der Waals surface area contributed by atoms with Gasteiger partial charge in [-0.15, -0.1) is 12.4 Å². The summed E-state index contributed by atoms with van der Waals surface area (Å²) in [5.74, 6) is 0.564. The summed E-state index contributed by atoms with van der Waals surface area (Å²) < 4.78 is 6.08. The van der Waals surface area contributed by atoms with Crippen LogP contribution in [-0.4, -0.2) is 66.6 Å². The van der Waals surface area contributed by atoms with E-state index >= 15 is 0 Å². The molecule has 3 atom stereocenters. The standard InChI is InChI=1S/C21H29N5O2.ClH/c1-13-10-22-11-14(2)26(13)21-24-19-16(4-3-5-18(19)28-21)20(27)23-17-12-25-8-6-15(17)7-9-25;/h3-5,13-15,17,22H,6-12H2,1-2H3,(H,23,27);1H/t13-,14-,17+;/m0./s1. The normalized spacial score (nSPS) is 31.5. The van der Waals surface area contributed by atoms with Gasteiger partial charge < -0.3 is 24.9 Å². The molecule has 0 saturated carbocycles. The van der Waals surface area contributed by atoms with Crippen LogP contribution >= 0.6 is 12.4 Å². The molecule has 5 heterocycles. The number of hydrogen-bond donors (Lipinski definition) is 2. The van der Waals surface area contributed by atoms with E-state index in [0.717, 1.165) is 19.6 Å². The minimum atomic E-state index is -0.0365. The maximum Gasteiger partial charge on any atom is 0.298 e. The third-order valence-electron chi connectivity index (χ3n) is 6.68. The zero-order valence-corrected chi connectivity index (χ0v) is 17.9. The Bertz CT molecular complexity index is 869. The van der Waals surface area contributed by atoms with Crippen molar-refractivity contribution in [2.75, 3.05) is 37.6 Å². The van der Waals surface area contributed by atoms with Crippen LogP contribution < -0.4 is 15.5 Å². The van der Waals surface area contributed by atoms with Gasteiger partial charge in [0.1, 0.15) is 5.52 Å². The fraction of sp³-hybridized carbons (Fsp3) is 0.619. The predicted molar refractivity (Wildman–Crippen MR) is 116 cm³/mol. The van der Waals surface area contributed by atoms with E-state index in [9.17, 15) is 4.79 Å². The average molecular weight is 420 g/mol. The van der Waals surface area contributed by atoms with E-state index in [1.807, 2.05) is 18.2 Å². The zero-order chi connectivity index (χ0) is 19.3. The molecule has 1 aromatic heterocycles. The molecule has 0 unspecified atom stereocenters. The van der Waals surface area contributed by atoms with Gasteiger partial charge in [-0.2, -0.15) is 4.98 Å². The van der Waals surface area contributed by atoms with Crippen molar-refractivity contribution in [3.63, 3.8) is 0 Å². The van der Waals surface area contributed by atoms with E-state index in [2.05, 4.69) is 34.3 Å². The van der Waals surface area contributed by atoms with Crippen molar-refractivity contribution in [1.29, 1.82) is 0 Å². The highest BCUT2D eigenvalue weighted by molar-refractivity contribution is 6.04. The van der Waals surface area contributed by atoms with Gasteiger partial charge in [0.2, 0.25) is 0 Å². The molecule has 158 valence electrons. The molecular formula is C21H30ClN5O2. The molecular weight excluding hydrogens is 390 g/mol. The number of piperidine rings is 3. The average Bonchev–Trinajstić information content (AvgIpc) is 3.12. The number of piperazine rings is 1. The Morgan fingerprint density at radius 2 is 1.93 bits per heavy atom. The quantitative estimate of drug-likeness (QED) is 0.795. The van der Waals surface area contributed by atoms with Crippen LogP contribution in [0.5, 0.6) is 0 Å². The number of anilines is 1. The highest BCUT2D eigenvalue weighted by Gasteiger charge is 2.35. The minimum Gasteiger partial charge on any atom is -0.423 e. The number of oxazole rings is 1. The highest BCUT2D eigenvalue weighted by atomic mass is 35.5. The maximum atomic E-state index is 13.1. The first-order valence-corrected chi connectivity index (χ1v) is 10.5. The monoisotopic (exact) mass is 419 g/mol. The van der Waals surface area contributed by atoms with Crippen molar-refractivity contribution in [2.24, 2.45) is 5.92 Å². The number of amides is 1. The van der Waals surface area contributed by atoms with Crippen LogP contribution in [0, 0.1) is 5.92 Å². The van der Waals surface area contributed by atoms with Crippen molar-refractivity contribution < 1.29 is 9.21 Å². The Hall–Kier alpha value is -1.83. The molecule has 2 bridgehead atoms. The molecule has 2 N–H and O–H groups in total. The second kappa shape index (κ2) is 8.13. The summed E-state index contributed by atoms with van der Waals surface area (Å²) in [5.41, 5.74) is 1.95. The number of nitrogens with one attached hydrogen (secondary N) is 2. The molecule has 29 heavy (non-hydrogen) atoms. The van der Waals surface area contributed by atoms with Crippen LogP contribution in [0.15, 0.2) is 22.6 Å². The van der Waals surface area contributed by atoms with Crippen LogP contribution in [-0.2, 0) is 0 Å². The number of nitrogens with zero attached hydrogens (tertiary/aromatic N) is 3. The Morgan fingerprint density at radius 3 is 2.59 bits per heavy atom. The zero-order valence-electron chi connectivity index (χ0n) is 17.1. The van der Waals surface area contributed by atoms with Crippen LogP contribution in [0.3, 0.4) is 0 Å².